The van der Waals surface area contributed by atoms with Gasteiger partial charge in [-0.3, -0.25) is 4.68 Å². The van der Waals surface area contributed by atoms with Gasteiger partial charge >= 0.3 is 0 Å². The molecule has 1 heterocycles. The van der Waals surface area contributed by atoms with Crippen LogP contribution in [0, 0.1) is 5.92 Å². The first-order valence-corrected chi connectivity index (χ1v) is 6.06. The van der Waals surface area contributed by atoms with E-state index < -0.39 is 0 Å². The highest BCUT2D eigenvalue weighted by Gasteiger charge is 2.21. The Hall–Kier alpha value is -0.830. The zero-order chi connectivity index (χ0) is 10.7. The normalized spacial score (nSPS) is 26.8. The highest BCUT2D eigenvalue weighted by atomic mass is 15.3. The molecule has 1 aliphatic rings. The molecule has 0 spiro atoms. The van der Waals surface area contributed by atoms with E-state index in [-0.39, 0.29) is 0 Å². The average Bonchev–Trinajstić information content (AvgIpc) is 2.78. The third-order valence-electron chi connectivity index (χ3n) is 3.66. The van der Waals surface area contributed by atoms with Crippen molar-refractivity contribution in [3.05, 3.63) is 18.0 Å². The van der Waals surface area contributed by atoms with Crippen LogP contribution in [0.5, 0.6) is 0 Å². The van der Waals surface area contributed by atoms with Gasteiger partial charge in [0.2, 0.25) is 0 Å². The molecule has 3 nitrogen and oxygen atoms in total. The number of aromatic nitrogens is 2. The average molecular weight is 207 g/mol. The van der Waals surface area contributed by atoms with Crippen molar-refractivity contribution in [1.29, 1.82) is 0 Å². The molecule has 3 heteroatoms. The van der Waals surface area contributed by atoms with Gasteiger partial charge in [0.1, 0.15) is 0 Å². The van der Waals surface area contributed by atoms with Crippen molar-refractivity contribution in [1.82, 2.24) is 9.78 Å². The van der Waals surface area contributed by atoms with Crippen LogP contribution in [-0.2, 0) is 6.54 Å². The van der Waals surface area contributed by atoms with E-state index in [1.54, 1.807) is 0 Å². The van der Waals surface area contributed by atoms with E-state index in [1.165, 1.54) is 32.1 Å². The van der Waals surface area contributed by atoms with E-state index in [1.807, 2.05) is 6.20 Å². The minimum atomic E-state index is 0.601. The molecule has 0 radical (unpaired) electrons. The van der Waals surface area contributed by atoms with E-state index in [0.29, 0.717) is 12.6 Å². The third kappa shape index (κ3) is 2.40. The molecule has 1 aromatic rings. The summed E-state index contributed by atoms with van der Waals surface area (Å²) in [6.45, 7) is 2.90. The molecule has 1 saturated carbocycles. The Bertz CT molecular complexity index is 298. The van der Waals surface area contributed by atoms with Crippen LogP contribution in [0.1, 0.15) is 50.6 Å². The summed E-state index contributed by atoms with van der Waals surface area (Å²) in [4.78, 5) is 0. The van der Waals surface area contributed by atoms with Gasteiger partial charge in [-0.05, 0) is 31.6 Å². The first kappa shape index (κ1) is 10.7. The van der Waals surface area contributed by atoms with Gasteiger partial charge in [-0.1, -0.05) is 13.3 Å². The topological polar surface area (TPSA) is 43.8 Å². The lowest BCUT2D eigenvalue weighted by molar-refractivity contribution is 0.256. The second kappa shape index (κ2) is 4.79. The Labute approximate surface area is 91.7 Å². The third-order valence-corrected chi connectivity index (χ3v) is 3.66. The largest absolute Gasteiger partial charge is 0.326 e. The van der Waals surface area contributed by atoms with E-state index >= 15 is 0 Å². The molecule has 1 fully saturated rings. The molecule has 0 amide bonds. The van der Waals surface area contributed by atoms with Crippen molar-refractivity contribution in [2.75, 3.05) is 0 Å². The molecular weight excluding hydrogens is 186 g/mol. The zero-order valence-electron chi connectivity index (χ0n) is 9.52. The number of nitrogens with two attached hydrogens (primary N) is 1. The summed E-state index contributed by atoms with van der Waals surface area (Å²) < 4.78 is 2.12. The first-order chi connectivity index (χ1) is 7.33. The van der Waals surface area contributed by atoms with Gasteiger partial charge in [0.15, 0.2) is 0 Å². The number of nitrogens with zero attached hydrogens (tertiary/aromatic N) is 2. The maximum Gasteiger partial charge on any atom is 0.0534 e. The fourth-order valence-electron chi connectivity index (χ4n) is 2.50. The van der Waals surface area contributed by atoms with Crippen molar-refractivity contribution in [3.63, 3.8) is 0 Å². The molecule has 2 N–H and O–H groups in total. The van der Waals surface area contributed by atoms with Gasteiger partial charge in [0, 0.05) is 18.3 Å². The van der Waals surface area contributed by atoms with Crippen LogP contribution >= 0.6 is 0 Å². The SMILES string of the molecule is CCC1CCC(n2cc(CN)cn2)CC1. The van der Waals surface area contributed by atoms with Crippen LogP contribution in [-0.4, -0.2) is 9.78 Å². The van der Waals surface area contributed by atoms with Gasteiger partial charge in [0.25, 0.3) is 0 Å². The molecule has 1 aromatic heterocycles. The molecule has 0 atom stereocenters. The predicted molar refractivity (Wildman–Crippen MR) is 61.4 cm³/mol. The minimum absolute atomic E-state index is 0.601. The van der Waals surface area contributed by atoms with Gasteiger partial charge in [0.05, 0.1) is 12.2 Å². The molecule has 84 valence electrons. The summed E-state index contributed by atoms with van der Waals surface area (Å²) in [7, 11) is 0. The molecule has 15 heavy (non-hydrogen) atoms. The van der Waals surface area contributed by atoms with Crippen LogP contribution in [0.2, 0.25) is 0 Å². The summed E-state index contributed by atoms with van der Waals surface area (Å²) in [5.74, 6) is 0.950. The molecule has 0 saturated heterocycles. The highest BCUT2D eigenvalue weighted by molar-refractivity contribution is 5.03. The summed E-state index contributed by atoms with van der Waals surface area (Å²) in [6, 6.07) is 0.619. The van der Waals surface area contributed by atoms with E-state index in [9.17, 15) is 0 Å². The fourth-order valence-corrected chi connectivity index (χ4v) is 2.50. The molecule has 0 unspecified atom stereocenters. The zero-order valence-corrected chi connectivity index (χ0v) is 9.52. The second-order valence-corrected chi connectivity index (χ2v) is 4.62. The Morgan fingerprint density at radius 2 is 2.13 bits per heavy atom. The highest BCUT2D eigenvalue weighted by Crippen LogP contribution is 2.33. The maximum absolute atomic E-state index is 5.58. The molecular formula is C12H21N3. The first-order valence-electron chi connectivity index (χ1n) is 6.06. The Balaban J connectivity index is 1.95. The monoisotopic (exact) mass is 207 g/mol. The molecule has 0 aromatic carbocycles. The predicted octanol–water partition coefficient (Wildman–Crippen LogP) is 2.48. The Kier molecular flexibility index (Phi) is 3.41. The van der Waals surface area contributed by atoms with Gasteiger partial charge in [-0.25, -0.2) is 0 Å². The van der Waals surface area contributed by atoms with Gasteiger partial charge in [-0.2, -0.15) is 5.10 Å². The van der Waals surface area contributed by atoms with Crippen LogP contribution in [0.25, 0.3) is 0 Å². The number of hydrogen-bond acceptors (Lipinski definition) is 2. The number of rotatable bonds is 3. The van der Waals surface area contributed by atoms with Crippen LogP contribution in [0.15, 0.2) is 12.4 Å². The van der Waals surface area contributed by atoms with Crippen LogP contribution in [0.3, 0.4) is 0 Å². The lowest BCUT2D eigenvalue weighted by atomic mass is 9.85. The summed E-state index contributed by atoms with van der Waals surface area (Å²) >= 11 is 0. The van der Waals surface area contributed by atoms with E-state index in [0.717, 1.165) is 11.5 Å². The standard InChI is InChI=1S/C12H21N3/c1-2-10-3-5-12(6-4-10)15-9-11(7-13)8-14-15/h8-10,12H,2-7,13H2,1H3. The van der Waals surface area contributed by atoms with Crippen molar-refractivity contribution < 1.29 is 0 Å². The molecule has 2 rings (SSSR count). The van der Waals surface area contributed by atoms with E-state index in [4.69, 9.17) is 5.73 Å². The molecule has 0 bridgehead atoms. The lowest BCUT2D eigenvalue weighted by Crippen LogP contribution is -2.18. The smallest absolute Gasteiger partial charge is 0.0534 e. The quantitative estimate of drug-likeness (QED) is 0.827. The van der Waals surface area contributed by atoms with Crippen molar-refractivity contribution >= 4 is 0 Å². The maximum atomic E-state index is 5.58. The second-order valence-electron chi connectivity index (χ2n) is 4.62. The van der Waals surface area contributed by atoms with Gasteiger partial charge < -0.3 is 5.73 Å². The van der Waals surface area contributed by atoms with Gasteiger partial charge in [-0.15, -0.1) is 0 Å². The van der Waals surface area contributed by atoms with Crippen LogP contribution in [0.4, 0.5) is 0 Å². The Morgan fingerprint density at radius 3 is 2.67 bits per heavy atom. The fraction of sp³-hybridized carbons (Fsp3) is 0.750. The number of hydrogen-bond donors (Lipinski definition) is 1. The lowest BCUT2D eigenvalue weighted by Gasteiger charge is -2.27. The summed E-state index contributed by atoms with van der Waals surface area (Å²) in [6.07, 6.45) is 10.6. The van der Waals surface area contributed by atoms with E-state index in [2.05, 4.69) is 22.9 Å². The van der Waals surface area contributed by atoms with Crippen molar-refractivity contribution in [2.45, 2.75) is 51.6 Å². The van der Waals surface area contributed by atoms with Crippen molar-refractivity contribution in [3.8, 4) is 0 Å². The summed E-state index contributed by atoms with van der Waals surface area (Å²) in [5, 5.41) is 4.40. The molecule has 1 aliphatic carbocycles. The van der Waals surface area contributed by atoms with Crippen LogP contribution < -0.4 is 5.73 Å². The minimum Gasteiger partial charge on any atom is -0.326 e. The Morgan fingerprint density at radius 1 is 1.40 bits per heavy atom. The van der Waals surface area contributed by atoms with Crippen molar-refractivity contribution in [2.24, 2.45) is 11.7 Å². The molecule has 0 aliphatic heterocycles. The summed E-state index contributed by atoms with van der Waals surface area (Å²) in [5.41, 5.74) is 6.73.